The van der Waals surface area contributed by atoms with Gasteiger partial charge in [0.2, 0.25) is 5.89 Å². The predicted octanol–water partition coefficient (Wildman–Crippen LogP) is 5.25. The molecule has 9 heteroatoms. The largest absolute Gasteiger partial charge is 0.419 e. The van der Waals surface area contributed by atoms with E-state index in [1.807, 2.05) is 36.9 Å². The Morgan fingerprint density at radius 2 is 2.00 bits per heavy atom. The van der Waals surface area contributed by atoms with Crippen LogP contribution in [-0.2, 0) is 6.42 Å². The van der Waals surface area contributed by atoms with Crippen molar-refractivity contribution in [2.75, 3.05) is 6.54 Å². The summed E-state index contributed by atoms with van der Waals surface area (Å²) in [6, 6.07) is 11.8. The lowest BCUT2D eigenvalue weighted by Gasteiger charge is -2.35. The zero-order valence-electron chi connectivity index (χ0n) is 19.0. The number of aryl methyl sites for hydroxylation is 2. The number of likely N-dealkylation sites (tertiary alicyclic amines) is 1. The molecule has 0 saturated carbocycles. The van der Waals surface area contributed by atoms with E-state index in [2.05, 4.69) is 20.2 Å². The Balaban J connectivity index is 1.39. The van der Waals surface area contributed by atoms with Gasteiger partial charge in [-0.1, -0.05) is 18.2 Å². The summed E-state index contributed by atoms with van der Waals surface area (Å²) in [4.78, 5) is 25.2. The number of benzene rings is 1. The van der Waals surface area contributed by atoms with Crippen LogP contribution in [0.15, 0.2) is 46.9 Å². The molecule has 4 heterocycles. The van der Waals surface area contributed by atoms with Gasteiger partial charge in [-0.2, -0.15) is 0 Å². The van der Waals surface area contributed by atoms with Crippen molar-refractivity contribution in [3.63, 3.8) is 0 Å². The number of carbonyl (C=O) groups is 1. The summed E-state index contributed by atoms with van der Waals surface area (Å²) >= 11 is 1.40. The van der Waals surface area contributed by atoms with Crippen molar-refractivity contribution in [1.82, 2.24) is 25.1 Å². The lowest BCUT2D eigenvalue weighted by molar-refractivity contribution is 0.0601. The van der Waals surface area contributed by atoms with Gasteiger partial charge in [0.25, 0.3) is 11.8 Å². The molecule has 7 nitrogen and oxygen atoms in total. The maximum Gasteiger partial charge on any atom is 0.274 e. The Morgan fingerprint density at radius 1 is 1.15 bits per heavy atom. The lowest BCUT2D eigenvalue weighted by atomic mass is 9.98. The summed E-state index contributed by atoms with van der Waals surface area (Å²) in [7, 11) is 0. The Morgan fingerprint density at radius 3 is 2.82 bits per heavy atom. The van der Waals surface area contributed by atoms with E-state index < -0.39 is 0 Å². The van der Waals surface area contributed by atoms with Crippen molar-refractivity contribution in [2.45, 2.75) is 45.6 Å². The quantitative estimate of drug-likeness (QED) is 0.390. The topological polar surface area (TPSA) is 85.0 Å². The normalized spacial score (nSPS) is 16.1. The highest BCUT2D eigenvalue weighted by Gasteiger charge is 2.32. The minimum absolute atomic E-state index is 0.0811. The first kappa shape index (κ1) is 22.3. The highest BCUT2D eigenvalue weighted by atomic mass is 32.1. The minimum atomic E-state index is -0.340. The van der Waals surface area contributed by atoms with Crippen molar-refractivity contribution in [3.8, 4) is 22.0 Å². The molecule has 0 aliphatic carbocycles. The third kappa shape index (κ3) is 4.61. The van der Waals surface area contributed by atoms with Gasteiger partial charge in [-0.25, -0.2) is 14.4 Å². The van der Waals surface area contributed by atoms with Crippen molar-refractivity contribution < 1.29 is 13.6 Å². The molecule has 5 rings (SSSR count). The zero-order valence-corrected chi connectivity index (χ0v) is 19.8. The lowest BCUT2D eigenvalue weighted by Crippen LogP contribution is -2.45. The number of aromatic nitrogens is 4. The van der Waals surface area contributed by atoms with Crippen LogP contribution in [0.2, 0.25) is 0 Å². The van der Waals surface area contributed by atoms with Crippen molar-refractivity contribution >= 4 is 17.2 Å². The van der Waals surface area contributed by atoms with E-state index in [0.717, 1.165) is 30.0 Å². The molecule has 1 aliphatic rings. The number of hydrogen-bond acceptors (Lipinski definition) is 7. The van der Waals surface area contributed by atoms with Gasteiger partial charge in [-0.05, 0) is 62.9 Å². The first-order chi connectivity index (χ1) is 16.5. The molecule has 1 unspecified atom stereocenters. The molecule has 0 bridgehead atoms. The smallest absolute Gasteiger partial charge is 0.274 e. The van der Waals surface area contributed by atoms with Crippen LogP contribution in [0.3, 0.4) is 0 Å². The molecule has 0 radical (unpaired) electrons. The Bertz CT molecular complexity index is 1330. The number of thiazole rings is 1. The van der Waals surface area contributed by atoms with Gasteiger partial charge in [0, 0.05) is 24.7 Å². The molecule has 1 aliphatic heterocycles. The SMILES string of the molecule is Cc1cccc(-c2nnc(CC3CCCCN3C(=O)c3nc(C)sc3-c3cccc(F)c3)o2)n1. The molecule has 1 aromatic carbocycles. The average molecular weight is 478 g/mol. The summed E-state index contributed by atoms with van der Waals surface area (Å²) in [5.41, 5.74) is 2.53. The Kier molecular flexibility index (Phi) is 6.19. The van der Waals surface area contributed by atoms with Gasteiger partial charge >= 0.3 is 0 Å². The summed E-state index contributed by atoms with van der Waals surface area (Å²) in [5, 5.41) is 9.14. The molecule has 1 atom stereocenters. The molecule has 1 amide bonds. The van der Waals surface area contributed by atoms with E-state index in [1.165, 1.54) is 23.5 Å². The number of pyridine rings is 1. The van der Waals surface area contributed by atoms with Gasteiger partial charge < -0.3 is 9.32 Å². The van der Waals surface area contributed by atoms with Crippen LogP contribution in [0.1, 0.15) is 46.3 Å². The van der Waals surface area contributed by atoms with E-state index in [9.17, 15) is 9.18 Å². The third-order valence-corrected chi connectivity index (χ3v) is 6.92. The molecule has 3 aromatic heterocycles. The zero-order chi connectivity index (χ0) is 23.7. The van der Waals surface area contributed by atoms with Crippen LogP contribution in [0.5, 0.6) is 0 Å². The molecule has 34 heavy (non-hydrogen) atoms. The van der Waals surface area contributed by atoms with E-state index in [-0.39, 0.29) is 17.8 Å². The monoisotopic (exact) mass is 477 g/mol. The second-order valence-corrected chi connectivity index (χ2v) is 9.64. The van der Waals surface area contributed by atoms with E-state index >= 15 is 0 Å². The number of hydrogen-bond donors (Lipinski definition) is 0. The molecule has 174 valence electrons. The first-order valence-corrected chi connectivity index (χ1v) is 12.1. The molecule has 1 fully saturated rings. The second-order valence-electron chi connectivity index (χ2n) is 8.44. The molecular weight excluding hydrogens is 453 g/mol. The number of rotatable bonds is 5. The van der Waals surface area contributed by atoms with Gasteiger partial charge in [-0.15, -0.1) is 21.5 Å². The number of piperidine rings is 1. The highest BCUT2D eigenvalue weighted by molar-refractivity contribution is 7.15. The Hall–Kier alpha value is -3.46. The number of nitrogens with zero attached hydrogens (tertiary/aromatic N) is 5. The minimum Gasteiger partial charge on any atom is -0.419 e. The van der Waals surface area contributed by atoms with E-state index in [4.69, 9.17) is 4.42 Å². The molecule has 0 N–H and O–H groups in total. The molecule has 4 aromatic rings. The second kappa shape index (κ2) is 9.42. The third-order valence-electron chi connectivity index (χ3n) is 5.90. The van der Waals surface area contributed by atoms with E-state index in [0.29, 0.717) is 46.6 Å². The molecule has 0 spiro atoms. The van der Waals surface area contributed by atoms with Crippen molar-refractivity contribution in [2.24, 2.45) is 0 Å². The average Bonchev–Trinajstić information content (AvgIpc) is 3.46. The van der Waals surface area contributed by atoms with Crippen LogP contribution < -0.4 is 0 Å². The van der Waals surface area contributed by atoms with Gasteiger partial charge in [0.1, 0.15) is 17.2 Å². The molecular formula is C25H24FN5O2S. The predicted molar refractivity (Wildman–Crippen MR) is 127 cm³/mol. The maximum atomic E-state index is 13.9. The van der Waals surface area contributed by atoms with Crippen LogP contribution in [0.4, 0.5) is 4.39 Å². The summed E-state index contributed by atoms with van der Waals surface area (Å²) in [6.45, 7) is 4.39. The fourth-order valence-corrected chi connectivity index (χ4v) is 5.22. The fourth-order valence-electron chi connectivity index (χ4n) is 4.32. The first-order valence-electron chi connectivity index (χ1n) is 11.3. The van der Waals surface area contributed by atoms with Gasteiger partial charge in [0.05, 0.1) is 9.88 Å². The standard InChI is InChI=1S/C25H24FN5O2S/c1-15-7-5-11-20(27-15)24-30-29-21(33-24)14-19-10-3-4-12-31(19)25(32)22-23(34-16(2)28-22)17-8-6-9-18(26)13-17/h5-9,11,13,19H,3-4,10,12,14H2,1-2H3. The maximum absolute atomic E-state index is 13.9. The number of amides is 1. The van der Waals surface area contributed by atoms with Crippen molar-refractivity contribution in [1.29, 1.82) is 0 Å². The van der Waals surface area contributed by atoms with Gasteiger partial charge in [0.15, 0.2) is 0 Å². The summed E-state index contributed by atoms with van der Waals surface area (Å²) in [6.07, 6.45) is 3.23. The van der Waals surface area contributed by atoms with Crippen LogP contribution in [-0.4, -0.2) is 43.6 Å². The van der Waals surface area contributed by atoms with Gasteiger partial charge in [-0.3, -0.25) is 4.79 Å². The number of halogens is 1. The van der Waals surface area contributed by atoms with Crippen molar-refractivity contribution in [3.05, 3.63) is 70.6 Å². The Labute approximate surface area is 200 Å². The highest BCUT2D eigenvalue weighted by Crippen LogP contribution is 2.33. The van der Waals surface area contributed by atoms with Crippen LogP contribution >= 0.6 is 11.3 Å². The summed E-state index contributed by atoms with van der Waals surface area (Å²) in [5.74, 6) is 0.361. The number of carbonyl (C=O) groups excluding carboxylic acids is 1. The van der Waals surface area contributed by atoms with Crippen LogP contribution in [0, 0.1) is 19.7 Å². The van der Waals surface area contributed by atoms with Crippen LogP contribution in [0.25, 0.3) is 22.0 Å². The summed E-state index contributed by atoms with van der Waals surface area (Å²) < 4.78 is 19.8. The van der Waals surface area contributed by atoms with E-state index in [1.54, 1.807) is 12.1 Å². The molecule has 1 saturated heterocycles. The fraction of sp³-hybridized carbons (Fsp3) is 0.320.